The van der Waals surface area contributed by atoms with E-state index in [1.807, 2.05) is 79.1 Å². The van der Waals surface area contributed by atoms with Gasteiger partial charge in [0.2, 0.25) is 0 Å². The van der Waals surface area contributed by atoms with Crippen LogP contribution in [0.2, 0.25) is 0 Å². The van der Waals surface area contributed by atoms with Crippen molar-refractivity contribution in [2.75, 3.05) is 0 Å². The Morgan fingerprint density at radius 1 is 0.735 bits per heavy atom. The van der Waals surface area contributed by atoms with Gasteiger partial charge in [0.1, 0.15) is 6.04 Å². The maximum Gasteiger partial charge on any atom is 0.183 e. The smallest absolute Gasteiger partial charge is 0.183 e. The van der Waals surface area contributed by atoms with Gasteiger partial charge in [-0.15, -0.1) is 0 Å². The van der Waals surface area contributed by atoms with Crippen LogP contribution in [0.15, 0.2) is 118 Å². The third-order valence-corrected chi connectivity index (χ3v) is 5.73. The molecule has 164 valence electrons. The number of hydrogen-bond donors (Lipinski definition) is 3. The van der Waals surface area contributed by atoms with Crippen molar-refractivity contribution >= 4 is 40.3 Å². The van der Waals surface area contributed by atoms with Gasteiger partial charge in [0.25, 0.3) is 0 Å². The van der Waals surface area contributed by atoms with E-state index in [0.717, 1.165) is 39.2 Å². The molecule has 4 aliphatic heterocycles. The highest BCUT2D eigenvalue weighted by Crippen LogP contribution is 2.17. The molecular formula is C28H21N5O. The normalized spacial score (nSPS) is 19.7. The number of allylic oxidation sites excluding steroid dienone is 6. The molecule has 8 bridgehead atoms. The predicted molar refractivity (Wildman–Crippen MR) is 137 cm³/mol. The van der Waals surface area contributed by atoms with Crippen LogP contribution in [0.25, 0.3) is 23.1 Å². The van der Waals surface area contributed by atoms with Crippen molar-refractivity contribution in [3.63, 3.8) is 0 Å². The highest BCUT2D eigenvalue weighted by atomic mass is 16.1. The molecule has 3 aromatic rings. The number of H-pyrrole nitrogens is 2. The van der Waals surface area contributed by atoms with Crippen molar-refractivity contribution in [1.29, 1.82) is 0 Å². The highest BCUT2D eigenvalue weighted by Gasteiger charge is 2.22. The first-order valence-corrected chi connectivity index (χ1v) is 11.1. The van der Waals surface area contributed by atoms with Crippen LogP contribution in [0, 0.1) is 0 Å². The second kappa shape index (κ2) is 8.33. The zero-order valence-electron chi connectivity index (χ0n) is 18.2. The number of rotatable bonds is 0. The van der Waals surface area contributed by atoms with Crippen LogP contribution in [0.3, 0.4) is 0 Å². The number of hydrogen-bond acceptors (Lipinski definition) is 4. The third kappa shape index (κ3) is 4.17. The van der Waals surface area contributed by atoms with E-state index in [1.165, 1.54) is 10.9 Å². The van der Waals surface area contributed by atoms with Gasteiger partial charge in [-0.1, -0.05) is 18.2 Å². The maximum absolute atomic E-state index is 12.2. The Balaban J connectivity index is 0.000000202. The first kappa shape index (κ1) is 19.9. The van der Waals surface area contributed by atoms with Gasteiger partial charge in [-0.3, -0.25) is 4.79 Å². The molecule has 0 fully saturated rings. The second-order valence-corrected chi connectivity index (χ2v) is 8.25. The van der Waals surface area contributed by atoms with Crippen LogP contribution in [0.5, 0.6) is 0 Å². The summed E-state index contributed by atoms with van der Waals surface area (Å²) in [7, 11) is 0. The molecule has 4 aliphatic rings. The summed E-state index contributed by atoms with van der Waals surface area (Å²) in [6.07, 6.45) is 19.1. The first-order valence-electron chi connectivity index (χ1n) is 11.1. The van der Waals surface area contributed by atoms with E-state index in [0.29, 0.717) is 0 Å². The van der Waals surface area contributed by atoms with Crippen molar-refractivity contribution in [3.05, 3.63) is 119 Å². The Kier molecular flexibility index (Phi) is 4.88. The predicted octanol–water partition coefficient (Wildman–Crippen LogP) is 2.97. The maximum atomic E-state index is 12.2. The van der Waals surface area contributed by atoms with Crippen LogP contribution in [-0.4, -0.2) is 33.2 Å². The van der Waals surface area contributed by atoms with E-state index < -0.39 is 0 Å². The number of ketones is 1. The lowest BCUT2D eigenvalue weighted by molar-refractivity contribution is -0.114. The monoisotopic (exact) mass is 443 g/mol. The van der Waals surface area contributed by atoms with Crippen LogP contribution >= 0.6 is 0 Å². The molecule has 6 heterocycles. The summed E-state index contributed by atoms with van der Waals surface area (Å²) in [4.78, 5) is 27.8. The topological polar surface area (TPSA) is 85.4 Å². The average molecular weight is 444 g/mol. The Labute approximate surface area is 195 Å². The Morgan fingerprint density at radius 2 is 1.50 bits per heavy atom. The van der Waals surface area contributed by atoms with E-state index in [2.05, 4.69) is 43.5 Å². The molecule has 0 saturated heterocycles. The minimum absolute atomic E-state index is 0.0318. The number of aromatic amines is 2. The minimum atomic E-state index is -0.383. The Bertz CT molecular complexity index is 1620. The number of nitrogens with zero attached hydrogens (tertiary/aromatic N) is 2. The van der Waals surface area contributed by atoms with Gasteiger partial charge >= 0.3 is 0 Å². The fourth-order valence-electron chi connectivity index (χ4n) is 4.11. The number of carbonyl (C=O) groups excluding carboxylic acids is 1. The molecule has 6 nitrogen and oxygen atoms in total. The molecule has 1 aromatic carbocycles. The molecule has 2 aromatic heterocycles. The molecule has 7 rings (SSSR count). The largest absolute Gasteiger partial charge is 0.372 e. The quantitative estimate of drug-likeness (QED) is 0.499. The lowest BCUT2D eigenvalue weighted by Crippen LogP contribution is -2.26. The fourth-order valence-corrected chi connectivity index (χ4v) is 4.11. The molecule has 3 N–H and O–H groups in total. The summed E-state index contributed by atoms with van der Waals surface area (Å²) >= 11 is 0. The summed E-state index contributed by atoms with van der Waals surface area (Å²) in [6.45, 7) is 0. The number of para-hydroxylation sites is 1. The van der Waals surface area contributed by atoms with Gasteiger partial charge in [-0.25, -0.2) is 9.98 Å². The lowest BCUT2D eigenvalue weighted by Gasteiger charge is -2.06. The summed E-state index contributed by atoms with van der Waals surface area (Å²) in [5.41, 5.74) is 5.35. The van der Waals surface area contributed by atoms with Crippen LogP contribution in [-0.2, 0) is 4.79 Å². The van der Waals surface area contributed by atoms with E-state index in [-0.39, 0.29) is 11.8 Å². The van der Waals surface area contributed by atoms with Gasteiger partial charge in [-0.05, 0) is 78.3 Å². The third-order valence-electron chi connectivity index (χ3n) is 5.73. The molecule has 0 aliphatic carbocycles. The molecule has 1 unspecified atom stereocenters. The molecule has 1 atom stereocenters. The fraction of sp³-hybridized carbons (Fsp3) is 0.0357. The van der Waals surface area contributed by atoms with Crippen molar-refractivity contribution in [2.24, 2.45) is 9.98 Å². The highest BCUT2D eigenvalue weighted by molar-refractivity contribution is 6.19. The zero-order chi connectivity index (χ0) is 22.9. The number of benzene rings is 1. The molecule has 34 heavy (non-hydrogen) atoms. The summed E-state index contributed by atoms with van der Waals surface area (Å²) in [5.74, 6) is 0.0318. The molecule has 6 heteroatoms. The summed E-state index contributed by atoms with van der Waals surface area (Å²) in [6, 6.07) is 13.9. The SMILES string of the molecule is O=C1C=C2C=c3ccc([nH]3)=CC3=NC(=CC4=NC(=CC1N2)C=C4)C=C3.c1ccc2[nH]ccc2c1. The second-order valence-electron chi connectivity index (χ2n) is 8.25. The zero-order valence-corrected chi connectivity index (χ0v) is 18.2. The van der Waals surface area contributed by atoms with Gasteiger partial charge < -0.3 is 15.3 Å². The Morgan fingerprint density at radius 3 is 2.38 bits per heavy atom. The Hall–Kier alpha value is -4.71. The van der Waals surface area contributed by atoms with Crippen LogP contribution in [0.4, 0.5) is 0 Å². The lowest BCUT2D eigenvalue weighted by atomic mass is 10.2. The van der Waals surface area contributed by atoms with Gasteiger partial charge in [-0.2, -0.15) is 0 Å². The van der Waals surface area contributed by atoms with Gasteiger partial charge in [0.05, 0.1) is 22.8 Å². The molecule has 0 radical (unpaired) electrons. The van der Waals surface area contributed by atoms with Gasteiger partial charge in [0.15, 0.2) is 5.78 Å². The van der Waals surface area contributed by atoms with E-state index >= 15 is 0 Å². The molecule has 0 amide bonds. The van der Waals surface area contributed by atoms with E-state index in [9.17, 15) is 4.79 Å². The van der Waals surface area contributed by atoms with Crippen molar-refractivity contribution in [2.45, 2.75) is 6.04 Å². The minimum Gasteiger partial charge on any atom is -0.372 e. The molecular weight excluding hydrogens is 422 g/mol. The number of fused-ring (bicyclic) bond motifs is 7. The summed E-state index contributed by atoms with van der Waals surface area (Å²) in [5, 5.41) is 6.40. The van der Waals surface area contributed by atoms with E-state index in [1.54, 1.807) is 6.08 Å². The average Bonchev–Trinajstić information content (AvgIpc) is 3.64. The molecule has 0 saturated carbocycles. The van der Waals surface area contributed by atoms with Crippen LogP contribution in [0.1, 0.15) is 0 Å². The van der Waals surface area contributed by atoms with Crippen molar-refractivity contribution < 1.29 is 4.79 Å². The van der Waals surface area contributed by atoms with Crippen molar-refractivity contribution in [1.82, 2.24) is 15.3 Å². The molecule has 0 spiro atoms. The standard InChI is InChI=1S/C20H14N4O.C8H7N/c25-20-11-18-9-16-4-3-14(22-16)7-12-1-2-13(21-12)8-15-5-6-17(23-15)10-19(20)24-18;1-2-4-8-7(3-1)5-6-9-8/h1-11,19,22,24H;1-6,9H. The van der Waals surface area contributed by atoms with Crippen LogP contribution < -0.4 is 16.0 Å². The van der Waals surface area contributed by atoms with Crippen molar-refractivity contribution in [3.8, 4) is 0 Å². The first-order chi connectivity index (χ1) is 16.7. The summed E-state index contributed by atoms with van der Waals surface area (Å²) < 4.78 is 0. The van der Waals surface area contributed by atoms with Gasteiger partial charge in [0, 0.05) is 34.2 Å². The number of aromatic nitrogens is 2. The van der Waals surface area contributed by atoms with E-state index in [4.69, 9.17) is 0 Å². The number of nitrogens with one attached hydrogen (secondary N) is 3. The number of carbonyl (C=O) groups is 1. The number of aliphatic imine (C=N–C) groups is 2.